The molecule has 0 saturated carbocycles. The number of amides is 2. The molecule has 1 heterocycles. The molecule has 6 nitrogen and oxygen atoms in total. The summed E-state index contributed by atoms with van der Waals surface area (Å²) in [5.41, 5.74) is 0.433. The maximum absolute atomic E-state index is 12.7. The minimum atomic E-state index is -0.517. The van der Waals surface area contributed by atoms with Crippen LogP contribution in [0.4, 0.5) is 9.59 Å². The molecule has 2 rings (SSSR count). The second-order valence-corrected chi connectivity index (χ2v) is 8.49. The van der Waals surface area contributed by atoms with Crippen LogP contribution >= 0.6 is 0 Å². The largest absolute Gasteiger partial charge is 0.445 e. The summed E-state index contributed by atoms with van der Waals surface area (Å²) in [7, 11) is 0. The number of alkyl carbamates (subject to hydrolysis) is 1. The molecule has 6 heteroatoms. The van der Waals surface area contributed by atoms with E-state index in [-0.39, 0.29) is 18.7 Å². The molecule has 1 saturated heterocycles. The Morgan fingerprint density at radius 2 is 1.89 bits per heavy atom. The second-order valence-electron chi connectivity index (χ2n) is 8.49. The molecule has 28 heavy (non-hydrogen) atoms. The van der Waals surface area contributed by atoms with Crippen LogP contribution in [0.1, 0.15) is 58.9 Å². The van der Waals surface area contributed by atoms with Gasteiger partial charge in [0.1, 0.15) is 12.2 Å². The zero-order valence-electron chi connectivity index (χ0n) is 17.6. The second kappa shape index (κ2) is 10.3. The van der Waals surface area contributed by atoms with Gasteiger partial charge in [-0.1, -0.05) is 43.7 Å². The zero-order valence-corrected chi connectivity index (χ0v) is 17.6. The first-order valence-corrected chi connectivity index (χ1v) is 10.2. The van der Waals surface area contributed by atoms with Crippen molar-refractivity contribution >= 4 is 12.2 Å². The number of carbonyl (C=O) groups is 2. The average molecular weight is 391 g/mol. The van der Waals surface area contributed by atoms with E-state index in [4.69, 9.17) is 9.47 Å². The van der Waals surface area contributed by atoms with Crippen LogP contribution in [0.3, 0.4) is 0 Å². The van der Waals surface area contributed by atoms with Gasteiger partial charge >= 0.3 is 12.2 Å². The fraction of sp³-hybridized carbons (Fsp3) is 0.636. The van der Waals surface area contributed by atoms with Gasteiger partial charge in [0.15, 0.2) is 0 Å². The number of nitrogens with zero attached hydrogens (tertiary/aromatic N) is 1. The first-order chi connectivity index (χ1) is 13.3. The Balaban J connectivity index is 1.85. The van der Waals surface area contributed by atoms with E-state index < -0.39 is 11.7 Å². The summed E-state index contributed by atoms with van der Waals surface area (Å²) < 4.78 is 10.9. The van der Waals surface area contributed by atoms with Crippen LogP contribution in [0.25, 0.3) is 0 Å². The molecule has 1 aliphatic heterocycles. The van der Waals surface area contributed by atoms with Crippen LogP contribution in [0.2, 0.25) is 0 Å². The van der Waals surface area contributed by atoms with E-state index in [1.807, 2.05) is 56.0 Å². The highest BCUT2D eigenvalue weighted by molar-refractivity contribution is 5.69. The SMILES string of the molecule is CC1CCCCN(C(=O)OC(C)(C)C)C1CCNC(=O)OCc1ccccc1. The van der Waals surface area contributed by atoms with Crippen LogP contribution in [-0.2, 0) is 16.1 Å². The van der Waals surface area contributed by atoms with E-state index in [2.05, 4.69) is 12.2 Å². The molecule has 0 bridgehead atoms. The molecule has 0 aliphatic carbocycles. The van der Waals surface area contributed by atoms with Gasteiger partial charge in [-0.3, -0.25) is 0 Å². The van der Waals surface area contributed by atoms with E-state index >= 15 is 0 Å². The molecule has 1 aliphatic rings. The number of ether oxygens (including phenoxy) is 2. The molecule has 1 aromatic carbocycles. The van der Waals surface area contributed by atoms with Crippen LogP contribution < -0.4 is 5.32 Å². The Kier molecular flexibility index (Phi) is 8.15. The van der Waals surface area contributed by atoms with Crippen LogP contribution in [0.5, 0.6) is 0 Å². The Bertz CT molecular complexity index is 627. The third-order valence-corrected chi connectivity index (χ3v) is 4.92. The van der Waals surface area contributed by atoms with Crippen molar-refractivity contribution < 1.29 is 19.1 Å². The topological polar surface area (TPSA) is 67.9 Å². The number of hydrogen-bond acceptors (Lipinski definition) is 4. The predicted octanol–water partition coefficient (Wildman–Crippen LogP) is 4.73. The van der Waals surface area contributed by atoms with E-state index in [1.54, 1.807) is 0 Å². The van der Waals surface area contributed by atoms with Gasteiger partial charge in [-0.15, -0.1) is 0 Å². The summed E-state index contributed by atoms with van der Waals surface area (Å²) in [6.45, 7) is 9.21. The number of rotatable bonds is 5. The quantitative estimate of drug-likeness (QED) is 0.789. The van der Waals surface area contributed by atoms with Crippen molar-refractivity contribution in [2.75, 3.05) is 13.1 Å². The number of carbonyl (C=O) groups excluding carboxylic acids is 2. The number of likely N-dealkylation sites (tertiary alicyclic amines) is 1. The van der Waals surface area contributed by atoms with Crippen molar-refractivity contribution in [3.05, 3.63) is 35.9 Å². The zero-order chi connectivity index (χ0) is 20.6. The third kappa shape index (κ3) is 7.41. The van der Waals surface area contributed by atoms with Gasteiger partial charge in [0.2, 0.25) is 0 Å². The summed E-state index contributed by atoms with van der Waals surface area (Å²) in [4.78, 5) is 26.5. The minimum Gasteiger partial charge on any atom is -0.445 e. The van der Waals surface area contributed by atoms with Gasteiger partial charge < -0.3 is 19.7 Å². The van der Waals surface area contributed by atoms with Gasteiger partial charge in [0.25, 0.3) is 0 Å². The minimum absolute atomic E-state index is 0.0479. The molecule has 2 amide bonds. The van der Waals surface area contributed by atoms with Gasteiger partial charge in [-0.25, -0.2) is 9.59 Å². The first kappa shape index (κ1) is 22.1. The van der Waals surface area contributed by atoms with Gasteiger partial charge in [-0.05, 0) is 51.5 Å². The summed E-state index contributed by atoms with van der Waals surface area (Å²) in [5.74, 6) is 0.358. The molecular formula is C22H34N2O4. The lowest BCUT2D eigenvalue weighted by Gasteiger charge is -2.35. The highest BCUT2D eigenvalue weighted by Crippen LogP contribution is 2.26. The standard InChI is InChI=1S/C22H34N2O4/c1-17-10-8-9-15-24(21(26)28-22(2,3)4)19(17)13-14-23-20(25)27-16-18-11-6-5-7-12-18/h5-7,11-12,17,19H,8-10,13-16H2,1-4H3,(H,23,25). The highest BCUT2D eigenvalue weighted by atomic mass is 16.6. The van der Waals surface area contributed by atoms with Crippen LogP contribution in [0, 0.1) is 5.92 Å². The Morgan fingerprint density at radius 3 is 2.57 bits per heavy atom. The van der Waals surface area contributed by atoms with Crippen LogP contribution in [0.15, 0.2) is 30.3 Å². The number of nitrogens with one attached hydrogen (secondary N) is 1. The van der Waals surface area contributed by atoms with Crippen molar-refractivity contribution in [1.82, 2.24) is 10.2 Å². The Morgan fingerprint density at radius 1 is 1.18 bits per heavy atom. The lowest BCUT2D eigenvalue weighted by Crippen LogP contribution is -2.47. The van der Waals surface area contributed by atoms with Gasteiger partial charge in [0, 0.05) is 19.1 Å². The van der Waals surface area contributed by atoms with Crippen molar-refractivity contribution in [3.63, 3.8) is 0 Å². The summed E-state index contributed by atoms with van der Waals surface area (Å²) in [5, 5.41) is 2.81. The number of benzene rings is 1. The fourth-order valence-corrected chi connectivity index (χ4v) is 3.50. The average Bonchev–Trinajstić information content (AvgIpc) is 2.81. The maximum atomic E-state index is 12.7. The van der Waals surface area contributed by atoms with Gasteiger partial charge in [0.05, 0.1) is 0 Å². The molecular weight excluding hydrogens is 356 g/mol. The van der Waals surface area contributed by atoms with E-state index in [1.165, 1.54) is 0 Å². The van der Waals surface area contributed by atoms with Crippen LogP contribution in [-0.4, -0.2) is 41.8 Å². The summed E-state index contributed by atoms with van der Waals surface area (Å²) in [6, 6.07) is 9.63. The number of hydrogen-bond donors (Lipinski definition) is 1. The van der Waals surface area contributed by atoms with E-state index in [9.17, 15) is 9.59 Å². The molecule has 0 radical (unpaired) electrons. The molecule has 1 aromatic rings. The Labute approximate surface area is 168 Å². The predicted molar refractivity (Wildman–Crippen MR) is 109 cm³/mol. The molecule has 2 unspecified atom stereocenters. The molecule has 1 fully saturated rings. The normalized spacial score (nSPS) is 20.2. The Hall–Kier alpha value is -2.24. The molecule has 156 valence electrons. The van der Waals surface area contributed by atoms with Crippen molar-refractivity contribution in [2.24, 2.45) is 5.92 Å². The monoisotopic (exact) mass is 390 g/mol. The molecule has 1 N–H and O–H groups in total. The highest BCUT2D eigenvalue weighted by Gasteiger charge is 2.32. The smallest absolute Gasteiger partial charge is 0.410 e. The van der Waals surface area contributed by atoms with E-state index in [0.29, 0.717) is 25.4 Å². The fourth-order valence-electron chi connectivity index (χ4n) is 3.50. The van der Waals surface area contributed by atoms with Crippen molar-refractivity contribution in [1.29, 1.82) is 0 Å². The molecule has 0 spiro atoms. The summed E-state index contributed by atoms with van der Waals surface area (Å²) >= 11 is 0. The molecule has 2 atom stereocenters. The van der Waals surface area contributed by atoms with Crippen molar-refractivity contribution in [3.8, 4) is 0 Å². The lowest BCUT2D eigenvalue weighted by molar-refractivity contribution is 0.0115. The lowest BCUT2D eigenvalue weighted by atomic mass is 9.94. The molecule has 0 aromatic heterocycles. The van der Waals surface area contributed by atoms with Crippen molar-refractivity contribution in [2.45, 2.75) is 71.6 Å². The third-order valence-electron chi connectivity index (χ3n) is 4.92. The summed E-state index contributed by atoms with van der Waals surface area (Å²) in [6.07, 6.45) is 3.13. The maximum Gasteiger partial charge on any atom is 0.410 e. The first-order valence-electron chi connectivity index (χ1n) is 10.2. The van der Waals surface area contributed by atoms with Gasteiger partial charge in [-0.2, -0.15) is 0 Å². The van der Waals surface area contributed by atoms with E-state index in [0.717, 1.165) is 24.8 Å².